The molecule has 11 nitrogen and oxygen atoms in total. The van der Waals surface area contributed by atoms with E-state index in [-0.39, 0.29) is 53.1 Å². The van der Waals surface area contributed by atoms with Crippen LogP contribution in [-0.2, 0) is 0 Å². The number of carbonyl (C=O) groups excluding carboxylic acids is 2. The van der Waals surface area contributed by atoms with Crippen molar-refractivity contribution in [2.75, 3.05) is 56.5 Å². The molecule has 2 aliphatic rings. The predicted molar refractivity (Wildman–Crippen MR) is 146 cm³/mol. The van der Waals surface area contributed by atoms with Crippen molar-refractivity contribution in [3.8, 4) is 5.75 Å². The molecule has 2 saturated heterocycles. The molecule has 2 aromatic rings. The van der Waals surface area contributed by atoms with E-state index in [0.29, 0.717) is 43.1 Å². The fraction of sp³-hybridized carbons (Fsp3) is 0.520. The number of aromatic nitrogens is 2. The highest BCUT2D eigenvalue weighted by atomic mass is 35.5. The number of benzene rings is 1. The summed E-state index contributed by atoms with van der Waals surface area (Å²) in [4.78, 5) is 40.1. The number of phenols is 1. The first kappa shape index (κ1) is 28.2. The average Bonchev–Trinajstić information content (AvgIpc) is 2.92. The van der Waals surface area contributed by atoms with Gasteiger partial charge in [-0.1, -0.05) is 30.1 Å². The maximum Gasteiger partial charge on any atom is 0.273 e. The molecular weight excluding hydrogens is 533 g/mol. The first-order valence-electron chi connectivity index (χ1n) is 12.7. The quantitative estimate of drug-likeness (QED) is 0.395. The van der Waals surface area contributed by atoms with Crippen molar-refractivity contribution >= 4 is 46.7 Å². The number of phenolic OH excluding ortho intramolecular Hbond substituents is 1. The lowest BCUT2D eigenvalue weighted by Gasteiger charge is -2.47. The van der Waals surface area contributed by atoms with Gasteiger partial charge < -0.3 is 31.1 Å². The highest BCUT2D eigenvalue weighted by molar-refractivity contribution is 6.32. The van der Waals surface area contributed by atoms with E-state index in [1.165, 1.54) is 6.07 Å². The third kappa shape index (κ3) is 6.06. The molecule has 2 aliphatic heterocycles. The molecule has 0 bridgehead atoms. The number of aliphatic hydroxyl groups excluding tert-OH is 1. The highest BCUT2D eigenvalue weighted by Gasteiger charge is 2.35. The maximum absolute atomic E-state index is 12.9. The van der Waals surface area contributed by atoms with Crippen LogP contribution in [0.3, 0.4) is 0 Å². The monoisotopic (exact) mass is 565 g/mol. The number of aromatic hydroxyl groups is 1. The van der Waals surface area contributed by atoms with Gasteiger partial charge in [0.25, 0.3) is 11.8 Å². The number of nitrogens with two attached hydrogens (primary N) is 1. The second kappa shape index (κ2) is 12.3. The summed E-state index contributed by atoms with van der Waals surface area (Å²) in [6.45, 7) is 5.36. The van der Waals surface area contributed by atoms with Crippen molar-refractivity contribution in [1.82, 2.24) is 25.1 Å². The van der Waals surface area contributed by atoms with E-state index in [1.807, 2.05) is 4.90 Å². The minimum Gasteiger partial charge on any atom is -0.507 e. The van der Waals surface area contributed by atoms with Crippen LogP contribution in [0.5, 0.6) is 5.75 Å². The van der Waals surface area contributed by atoms with E-state index < -0.39 is 5.91 Å². The summed E-state index contributed by atoms with van der Waals surface area (Å²) in [6, 6.07) is 5.12. The van der Waals surface area contributed by atoms with Crippen LogP contribution in [0, 0.1) is 0 Å². The first-order valence-corrected chi connectivity index (χ1v) is 13.5. The van der Waals surface area contributed by atoms with Crippen LogP contribution in [0.1, 0.15) is 47.0 Å². The number of nitrogens with one attached hydrogen (secondary N) is 1. The minimum atomic E-state index is -0.537. The third-order valence-corrected chi connectivity index (χ3v) is 7.67. The normalized spacial score (nSPS) is 19.0. The number of piperidine rings is 1. The lowest BCUT2D eigenvalue weighted by Crippen LogP contribution is -2.58. The van der Waals surface area contributed by atoms with Crippen molar-refractivity contribution in [1.29, 1.82) is 0 Å². The Kier molecular flexibility index (Phi) is 9.14. The number of nitrogens with zero attached hydrogens (tertiary/aromatic N) is 5. The van der Waals surface area contributed by atoms with Gasteiger partial charge in [0.15, 0.2) is 22.5 Å². The fourth-order valence-electron chi connectivity index (χ4n) is 5.20. The van der Waals surface area contributed by atoms with Gasteiger partial charge in [-0.3, -0.25) is 14.5 Å². The largest absolute Gasteiger partial charge is 0.507 e. The summed E-state index contributed by atoms with van der Waals surface area (Å²) in [7, 11) is 0. The molecule has 1 aromatic heterocycles. The molecule has 1 atom stereocenters. The van der Waals surface area contributed by atoms with Crippen molar-refractivity contribution in [3.05, 3.63) is 39.6 Å². The zero-order chi connectivity index (χ0) is 27.4. The van der Waals surface area contributed by atoms with Gasteiger partial charge in [-0.15, -0.1) is 0 Å². The van der Waals surface area contributed by atoms with E-state index in [1.54, 1.807) is 17.0 Å². The van der Waals surface area contributed by atoms with Gasteiger partial charge in [0.1, 0.15) is 5.75 Å². The van der Waals surface area contributed by atoms with E-state index in [0.717, 1.165) is 25.8 Å². The van der Waals surface area contributed by atoms with Gasteiger partial charge >= 0.3 is 0 Å². The van der Waals surface area contributed by atoms with Crippen LogP contribution in [0.2, 0.25) is 10.2 Å². The number of piperazine rings is 1. The predicted octanol–water partition coefficient (Wildman–Crippen LogP) is 2.00. The fourth-order valence-corrected chi connectivity index (χ4v) is 5.62. The Hall–Kier alpha value is -2.86. The van der Waals surface area contributed by atoms with Crippen LogP contribution < -0.4 is 16.0 Å². The van der Waals surface area contributed by atoms with Gasteiger partial charge in [0.2, 0.25) is 0 Å². The molecule has 1 aromatic carbocycles. The van der Waals surface area contributed by atoms with Gasteiger partial charge in [-0.05, 0) is 37.5 Å². The Morgan fingerprint density at radius 2 is 1.89 bits per heavy atom. The number of rotatable bonds is 7. The first-order chi connectivity index (χ1) is 18.2. The smallest absolute Gasteiger partial charge is 0.273 e. The molecule has 38 heavy (non-hydrogen) atoms. The molecule has 3 heterocycles. The molecule has 13 heteroatoms. The van der Waals surface area contributed by atoms with Crippen LogP contribution in [0.15, 0.2) is 18.2 Å². The molecule has 0 aliphatic carbocycles. The topological polar surface area (TPSA) is 148 Å². The molecule has 5 N–H and O–H groups in total. The van der Waals surface area contributed by atoms with Gasteiger partial charge in [-0.25, -0.2) is 9.97 Å². The highest BCUT2D eigenvalue weighted by Crippen LogP contribution is 2.30. The van der Waals surface area contributed by atoms with Gasteiger partial charge in [-0.2, -0.15) is 0 Å². The molecular formula is C25H33Cl2N7O4. The second-order valence-corrected chi connectivity index (χ2v) is 10.3. The lowest BCUT2D eigenvalue weighted by molar-refractivity contribution is 0.0489. The number of amides is 2. The molecule has 2 fully saturated rings. The summed E-state index contributed by atoms with van der Waals surface area (Å²) in [5.74, 6) is -0.394. The molecule has 0 spiro atoms. The molecule has 206 valence electrons. The Bertz CT molecular complexity index is 1180. The van der Waals surface area contributed by atoms with Crippen LogP contribution in [0.25, 0.3) is 0 Å². The van der Waals surface area contributed by atoms with Crippen molar-refractivity contribution in [3.63, 3.8) is 0 Å². The summed E-state index contributed by atoms with van der Waals surface area (Å²) in [5, 5.41) is 22.1. The Balaban J connectivity index is 1.38. The summed E-state index contributed by atoms with van der Waals surface area (Å²) < 4.78 is 0. The molecule has 0 radical (unpaired) electrons. The number of halogens is 2. The number of carbonyl (C=O) groups is 2. The number of hydrogen-bond acceptors (Lipinski definition) is 9. The average molecular weight is 566 g/mol. The SMILES string of the molecule is CC[C@H]1CN(c2nc(N)c(C(=O)NCCO)nc2Cl)CCN1C1CCN(C(=O)c2ccc(Cl)cc2O)CC1. The summed E-state index contributed by atoms with van der Waals surface area (Å²) in [6.07, 6.45) is 2.58. The number of aliphatic hydroxyl groups is 1. The van der Waals surface area contributed by atoms with Crippen LogP contribution in [-0.4, -0.2) is 99.8 Å². The molecule has 0 saturated carbocycles. The minimum absolute atomic E-state index is 0.0147. The zero-order valence-electron chi connectivity index (χ0n) is 21.2. The van der Waals surface area contributed by atoms with E-state index in [2.05, 4.69) is 27.1 Å². The lowest BCUT2D eigenvalue weighted by atomic mass is 9.97. The molecule has 4 rings (SSSR count). The Labute approximate surface area is 231 Å². The molecule has 0 unspecified atom stereocenters. The number of likely N-dealkylation sites (tertiary alicyclic amines) is 1. The Morgan fingerprint density at radius 3 is 2.55 bits per heavy atom. The molecule has 2 amide bonds. The summed E-state index contributed by atoms with van der Waals surface area (Å²) >= 11 is 12.3. The van der Waals surface area contributed by atoms with E-state index in [4.69, 9.17) is 34.0 Å². The maximum atomic E-state index is 12.9. The van der Waals surface area contributed by atoms with Gasteiger partial charge in [0.05, 0.1) is 12.2 Å². The van der Waals surface area contributed by atoms with Crippen molar-refractivity contribution in [2.45, 2.75) is 38.3 Å². The number of hydrogen-bond donors (Lipinski definition) is 4. The standard InChI is InChI=1S/C25H33Cl2N7O4/c1-2-16-14-33(23-21(27)30-20(22(28)31-23)24(37)29-7-12-35)10-11-34(16)17-5-8-32(9-6-17)25(38)18-4-3-15(26)13-19(18)36/h3-4,13,16-17,35-36H,2,5-12,14H2,1H3,(H2,28,31)(H,29,37)/t16-/m0/s1. The second-order valence-electron chi connectivity index (χ2n) is 9.48. The Morgan fingerprint density at radius 1 is 1.16 bits per heavy atom. The number of anilines is 2. The van der Waals surface area contributed by atoms with Crippen LogP contribution >= 0.6 is 23.2 Å². The van der Waals surface area contributed by atoms with E-state index >= 15 is 0 Å². The van der Waals surface area contributed by atoms with E-state index in [9.17, 15) is 14.7 Å². The van der Waals surface area contributed by atoms with Crippen molar-refractivity contribution < 1.29 is 19.8 Å². The third-order valence-electron chi connectivity index (χ3n) is 7.19. The zero-order valence-corrected chi connectivity index (χ0v) is 22.7. The summed E-state index contributed by atoms with van der Waals surface area (Å²) in [5.41, 5.74) is 6.23. The van der Waals surface area contributed by atoms with Gasteiger partial charge in [0, 0.05) is 56.4 Å². The van der Waals surface area contributed by atoms with Crippen molar-refractivity contribution in [2.24, 2.45) is 0 Å². The number of nitrogen functional groups attached to an aromatic ring is 1. The van der Waals surface area contributed by atoms with Crippen LogP contribution in [0.4, 0.5) is 11.6 Å².